The molecule has 0 bridgehead atoms. The largest absolute Gasteiger partial charge is 0.493 e. The first-order valence-electron chi connectivity index (χ1n) is 8.24. The van der Waals surface area contributed by atoms with Crippen LogP contribution in [0.15, 0.2) is 53.4 Å². The number of hydrogen-bond acceptors (Lipinski definition) is 6. The lowest BCUT2D eigenvalue weighted by Crippen LogP contribution is -2.32. The van der Waals surface area contributed by atoms with Crippen LogP contribution in [-0.4, -0.2) is 44.5 Å². The maximum absolute atomic E-state index is 12.5. The first-order chi connectivity index (χ1) is 13.5. The Balaban J connectivity index is 1.74. The summed E-state index contributed by atoms with van der Waals surface area (Å²) in [6.07, 6.45) is 0. The maximum atomic E-state index is 12.5. The first kappa shape index (κ1) is 21.5. The minimum atomic E-state index is -2.67. The summed E-state index contributed by atoms with van der Waals surface area (Å²) in [5.41, 5.74) is -0.0138. The summed E-state index contributed by atoms with van der Waals surface area (Å²) in [5, 5.41) is 2.54. The van der Waals surface area contributed by atoms with E-state index in [4.69, 9.17) is 14.2 Å². The summed E-state index contributed by atoms with van der Waals surface area (Å²) in [5.74, 6) is -2.93. The van der Waals surface area contributed by atoms with Crippen LogP contribution in [0.5, 0.6) is 11.5 Å². The molecule has 0 saturated heterocycles. The molecule has 0 fully saturated rings. The fourth-order valence-corrected chi connectivity index (χ4v) is 2.81. The average molecular weight is 411 g/mol. The van der Waals surface area contributed by atoms with Gasteiger partial charge in [-0.05, 0) is 24.3 Å². The van der Waals surface area contributed by atoms with Gasteiger partial charge < -0.3 is 19.5 Å². The zero-order chi connectivity index (χ0) is 20.4. The van der Waals surface area contributed by atoms with E-state index in [1.54, 1.807) is 24.3 Å². The number of halogens is 2. The SMILES string of the molecule is COc1ccccc1OCCNC(=O)COC(=O)c1ccccc1SC(F)F. The van der Waals surface area contributed by atoms with E-state index in [2.05, 4.69) is 5.32 Å². The Bertz CT molecular complexity index is 803. The number of carbonyl (C=O) groups excluding carboxylic acids is 2. The van der Waals surface area contributed by atoms with Gasteiger partial charge in [0.15, 0.2) is 18.1 Å². The summed E-state index contributed by atoms with van der Waals surface area (Å²) >= 11 is 0.244. The molecule has 0 heterocycles. The number of hydrogen-bond donors (Lipinski definition) is 1. The van der Waals surface area contributed by atoms with E-state index in [1.165, 1.54) is 31.4 Å². The number of amides is 1. The standard InChI is InChI=1S/C19H19F2NO5S/c1-25-14-7-3-4-8-15(14)26-11-10-22-17(23)12-27-18(24)13-6-2-5-9-16(13)28-19(20)21/h2-9,19H,10-12H2,1H3,(H,22,23). The highest BCUT2D eigenvalue weighted by molar-refractivity contribution is 7.99. The van der Waals surface area contributed by atoms with Crippen molar-refractivity contribution in [3.63, 3.8) is 0 Å². The molecule has 0 atom stereocenters. The number of nitrogens with one attached hydrogen (secondary N) is 1. The van der Waals surface area contributed by atoms with Crippen LogP contribution in [0.4, 0.5) is 8.78 Å². The van der Waals surface area contributed by atoms with Crippen LogP contribution < -0.4 is 14.8 Å². The number of methoxy groups -OCH3 is 1. The highest BCUT2D eigenvalue weighted by Gasteiger charge is 2.17. The van der Waals surface area contributed by atoms with Gasteiger partial charge in [0, 0.05) is 4.90 Å². The van der Waals surface area contributed by atoms with Crippen molar-refractivity contribution in [2.45, 2.75) is 10.7 Å². The van der Waals surface area contributed by atoms with Gasteiger partial charge >= 0.3 is 5.97 Å². The number of ether oxygens (including phenoxy) is 3. The van der Waals surface area contributed by atoms with Crippen LogP contribution in [0, 0.1) is 0 Å². The van der Waals surface area contributed by atoms with Crippen molar-refractivity contribution in [3.05, 3.63) is 54.1 Å². The Morgan fingerprint density at radius 3 is 2.46 bits per heavy atom. The summed E-state index contributed by atoms with van der Waals surface area (Å²) < 4.78 is 40.6. The van der Waals surface area contributed by atoms with E-state index < -0.39 is 24.2 Å². The van der Waals surface area contributed by atoms with Gasteiger partial charge in [-0.1, -0.05) is 36.0 Å². The van der Waals surface area contributed by atoms with Crippen LogP contribution in [-0.2, 0) is 9.53 Å². The Morgan fingerprint density at radius 1 is 1.07 bits per heavy atom. The second kappa shape index (κ2) is 11.1. The third kappa shape index (κ3) is 6.73. The summed E-state index contributed by atoms with van der Waals surface area (Å²) in [4.78, 5) is 23.9. The van der Waals surface area contributed by atoms with Crippen molar-refractivity contribution in [2.75, 3.05) is 26.9 Å². The lowest BCUT2D eigenvalue weighted by Gasteiger charge is -2.11. The van der Waals surface area contributed by atoms with Gasteiger partial charge in [-0.15, -0.1) is 0 Å². The van der Waals surface area contributed by atoms with Crippen molar-refractivity contribution < 1.29 is 32.6 Å². The van der Waals surface area contributed by atoms with E-state index in [0.29, 0.717) is 11.5 Å². The highest BCUT2D eigenvalue weighted by atomic mass is 32.2. The van der Waals surface area contributed by atoms with Gasteiger partial charge in [0.1, 0.15) is 6.61 Å². The zero-order valence-electron chi connectivity index (χ0n) is 15.0. The molecule has 0 aliphatic carbocycles. The molecular weight excluding hydrogens is 392 g/mol. The van der Waals surface area contributed by atoms with Gasteiger partial charge in [0.25, 0.3) is 11.7 Å². The second-order valence-corrected chi connectivity index (χ2v) is 6.33. The molecule has 0 aliphatic rings. The molecule has 150 valence electrons. The van der Waals surface area contributed by atoms with Crippen LogP contribution >= 0.6 is 11.8 Å². The number of esters is 1. The van der Waals surface area contributed by atoms with E-state index >= 15 is 0 Å². The molecule has 0 spiro atoms. The molecule has 0 saturated carbocycles. The third-order valence-electron chi connectivity index (χ3n) is 3.41. The Morgan fingerprint density at radius 2 is 1.75 bits per heavy atom. The Labute approximate surface area is 165 Å². The number of thioether (sulfide) groups is 1. The highest BCUT2D eigenvalue weighted by Crippen LogP contribution is 2.28. The van der Waals surface area contributed by atoms with Crippen LogP contribution in [0.3, 0.4) is 0 Å². The molecule has 1 amide bonds. The van der Waals surface area contributed by atoms with Crippen LogP contribution in [0.2, 0.25) is 0 Å². The lowest BCUT2D eigenvalue weighted by atomic mass is 10.2. The third-order valence-corrected chi connectivity index (χ3v) is 4.20. The first-order valence-corrected chi connectivity index (χ1v) is 9.12. The maximum Gasteiger partial charge on any atom is 0.339 e. The predicted molar refractivity (Wildman–Crippen MR) is 100 cm³/mol. The van der Waals surface area contributed by atoms with Gasteiger partial charge in [0.05, 0.1) is 19.2 Å². The quantitative estimate of drug-likeness (QED) is 0.367. The molecule has 2 aromatic carbocycles. The summed E-state index contributed by atoms with van der Waals surface area (Å²) in [6, 6.07) is 12.9. The number of para-hydroxylation sites is 2. The van der Waals surface area contributed by atoms with Crippen LogP contribution in [0.25, 0.3) is 0 Å². The lowest BCUT2D eigenvalue weighted by molar-refractivity contribution is -0.124. The molecule has 0 unspecified atom stereocenters. The van der Waals surface area contributed by atoms with Gasteiger partial charge in [0.2, 0.25) is 0 Å². The van der Waals surface area contributed by atoms with E-state index in [-0.39, 0.29) is 35.4 Å². The summed E-state index contributed by atoms with van der Waals surface area (Å²) in [6.45, 7) is -0.151. The molecule has 28 heavy (non-hydrogen) atoms. The van der Waals surface area contributed by atoms with E-state index in [9.17, 15) is 18.4 Å². The minimum absolute atomic E-state index is 0.0138. The molecule has 2 aromatic rings. The van der Waals surface area contributed by atoms with Crippen molar-refractivity contribution >= 4 is 23.6 Å². The number of carbonyl (C=O) groups is 2. The van der Waals surface area contributed by atoms with Crippen LogP contribution in [0.1, 0.15) is 10.4 Å². The average Bonchev–Trinajstić information content (AvgIpc) is 2.69. The van der Waals surface area contributed by atoms with Crippen molar-refractivity contribution in [1.29, 1.82) is 0 Å². The molecule has 9 heteroatoms. The van der Waals surface area contributed by atoms with Gasteiger partial charge in [-0.3, -0.25) is 4.79 Å². The Hall–Kier alpha value is -2.81. The van der Waals surface area contributed by atoms with E-state index in [0.717, 1.165) is 0 Å². The topological polar surface area (TPSA) is 73.9 Å². The number of rotatable bonds is 10. The molecule has 2 rings (SSSR count). The van der Waals surface area contributed by atoms with E-state index in [1.807, 2.05) is 0 Å². The fourth-order valence-electron chi connectivity index (χ4n) is 2.18. The Kier molecular flexibility index (Phi) is 8.54. The fraction of sp³-hybridized carbons (Fsp3) is 0.263. The zero-order valence-corrected chi connectivity index (χ0v) is 15.8. The van der Waals surface area contributed by atoms with Crippen molar-refractivity contribution in [1.82, 2.24) is 5.32 Å². The molecule has 6 nitrogen and oxygen atoms in total. The van der Waals surface area contributed by atoms with Gasteiger partial charge in [-0.2, -0.15) is 8.78 Å². The van der Waals surface area contributed by atoms with Crippen molar-refractivity contribution in [2.24, 2.45) is 0 Å². The number of benzene rings is 2. The number of alkyl halides is 2. The molecule has 0 radical (unpaired) electrons. The normalized spacial score (nSPS) is 10.4. The minimum Gasteiger partial charge on any atom is -0.493 e. The molecule has 1 N–H and O–H groups in total. The van der Waals surface area contributed by atoms with Gasteiger partial charge in [-0.25, -0.2) is 4.79 Å². The molecular formula is C19H19F2NO5S. The molecule has 0 aliphatic heterocycles. The summed E-state index contributed by atoms with van der Waals surface area (Å²) in [7, 11) is 1.52. The monoisotopic (exact) mass is 411 g/mol. The predicted octanol–water partition coefficient (Wildman–Crippen LogP) is 3.36. The van der Waals surface area contributed by atoms with Crippen molar-refractivity contribution in [3.8, 4) is 11.5 Å². The molecule has 0 aromatic heterocycles. The smallest absolute Gasteiger partial charge is 0.339 e. The second-order valence-electron chi connectivity index (χ2n) is 5.30.